The third-order valence-corrected chi connectivity index (χ3v) is 4.51. The Hall–Kier alpha value is -0.720. The number of benzene rings is 1. The van der Waals surface area contributed by atoms with Gasteiger partial charge in [0.25, 0.3) is 0 Å². The van der Waals surface area contributed by atoms with Crippen LogP contribution in [-0.4, -0.2) is 13.9 Å². The predicted octanol–water partition coefficient (Wildman–Crippen LogP) is 4.10. The lowest BCUT2D eigenvalue weighted by Gasteiger charge is -2.15. The summed E-state index contributed by atoms with van der Waals surface area (Å²) in [5, 5.41) is 0. The molecule has 3 nitrogen and oxygen atoms in total. The molecule has 0 aliphatic carbocycles. The van der Waals surface area contributed by atoms with Crippen molar-refractivity contribution in [1.82, 2.24) is 13.9 Å². The molecular weight excluding hydrogens is 330 g/mol. The van der Waals surface area contributed by atoms with Crippen LogP contribution in [0.25, 0.3) is 5.69 Å². The third kappa shape index (κ3) is 1.92. The van der Waals surface area contributed by atoms with Crippen molar-refractivity contribution < 1.29 is 0 Å². The second-order valence-corrected chi connectivity index (χ2v) is 5.98. The molecule has 0 fully saturated rings. The zero-order valence-electron chi connectivity index (χ0n) is 9.67. The Morgan fingerprint density at radius 2 is 1.39 bits per heavy atom. The first-order valence-electron chi connectivity index (χ1n) is 5.87. The van der Waals surface area contributed by atoms with E-state index < -0.39 is 0 Å². The molecule has 1 aliphatic rings. The molecule has 2 aromatic rings. The van der Waals surface area contributed by atoms with Gasteiger partial charge in [-0.25, -0.2) is 0 Å². The second kappa shape index (κ2) is 4.75. The molecule has 1 aromatic heterocycles. The lowest BCUT2D eigenvalue weighted by atomic mass is 10.3. The van der Waals surface area contributed by atoms with Gasteiger partial charge in [-0.2, -0.15) is 0 Å². The normalized spacial score (nSPS) is 14.5. The summed E-state index contributed by atoms with van der Waals surface area (Å²) < 4.78 is 8.85. The number of rotatable bonds is 1. The van der Waals surface area contributed by atoms with Crippen molar-refractivity contribution in [3.63, 3.8) is 0 Å². The molecule has 0 atom stereocenters. The Balaban J connectivity index is 2.24. The lowest BCUT2D eigenvalue weighted by molar-refractivity contribution is 0.357. The molecule has 0 unspecified atom stereocenters. The molecule has 0 amide bonds. The minimum Gasteiger partial charge on any atom is -0.261 e. The Labute approximate surface area is 124 Å². The monoisotopic (exact) mass is 341 g/mol. The first-order chi connectivity index (χ1) is 8.68. The van der Waals surface area contributed by atoms with Crippen molar-refractivity contribution >= 4 is 40.4 Å². The van der Waals surface area contributed by atoms with Crippen LogP contribution in [0.15, 0.2) is 28.7 Å². The van der Waals surface area contributed by atoms with Crippen LogP contribution < -0.4 is 0 Å². The lowest BCUT2D eigenvalue weighted by Crippen LogP contribution is -2.18. The molecule has 18 heavy (non-hydrogen) atoms. The molecule has 94 valence electrons. The van der Waals surface area contributed by atoms with E-state index >= 15 is 0 Å². The molecule has 0 radical (unpaired) electrons. The fourth-order valence-corrected chi connectivity index (χ4v) is 3.37. The van der Waals surface area contributed by atoms with Crippen molar-refractivity contribution in [2.24, 2.45) is 0 Å². The highest BCUT2D eigenvalue weighted by molar-refractivity contribution is 9.10. The predicted molar refractivity (Wildman–Crippen MR) is 80.4 cm³/mol. The average molecular weight is 342 g/mol. The smallest absolute Gasteiger partial charge is 0.201 e. The minimum absolute atomic E-state index is 0.794. The third-order valence-electron chi connectivity index (χ3n) is 3.19. The zero-order valence-corrected chi connectivity index (χ0v) is 12.9. The summed E-state index contributed by atoms with van der Waals surface area (Å²) in [6.07, 6.45) is 2.35. The van der Waals surface area contributed by atoms with E-state index in [1.54, 1.807) is 0 Å². The van der Waals surface area contributed by atoms with Gasteiger partial charge in [0.2, 0.25) is 9.54 Å². The van der Waals surface area contributed by atoms with Gasteiger partial charge in [-0.3, -0.25) is 13.9 Å². The Bertz CT molecular complexity index is 656. The maximum atomic E-state index is 5.54. The molecule has 0 spiro atoms. The van der Waals surface area contributed by atoms with Gasteiger partial charge >= 0.3 is 0 Å². The average Bonchev–Trinajstić information content (AvgIpc) is 2.64. The zero-order chi connectivity index (χ0) is 12.7. The fourth-order valence-electron chi connectivity index (χ4n) is 2.29. The summed E-state index contributed by atoms with van der Waals surface area (Å²) >= 11 is 14.5. The highest BCUT2D eigenvalue weighted by Gasteiger charge is 2.14. The summed E-state index contributed by atoms with van der Waals surface area (Å²) in [6.45, 7) is 1.93. The van der Waals surface area contributed by atoms with E-state index in [1.807, 2.05) is 28.8 Å². The summed E-state index contributed by atoms with van der Waals surface area (Å²) in [4.78, 5) is 0. The first-order valence-corrected chi connectivity index (χ1v) is 7.48. The van der Waals surface area contributed by atoms with Crippen LogP contribution in [-0.2, 0) is 13.1 Å². The van der Waals surface area contributed by atoms with Gasteiger partial charge in [0, 0.05) is 17.6 Å². The largest absolute Gasteiger partial charge is 0.261 e. The maximum Gasteiger partial charge on any atom is 0.201 e. The first kappa shape index (κ1) is 12.3. The van der Waals surface area contributed by atoms with Crippen LogP contribution in [0.5, 0.6) is 0 Å². The molecule has 0 saturated carbocycles. The number of fused-ring (bicyclic) bond motifs is 1. The highest BCUT2D eigenvalue weighted by Crippen LogP contribution is 2.18. The molecule has 1 aromatic carbocycles. The standard InChI is InChI=1S/C12H12BrN3S2/c13-9-3-5-10(6-4-9)16-11(17)14-7-1-2-8-15(14)12(16)18/h3-6H,1-2,7-8H2. The Morgan fingerprint density at radius 3 is 1.89 bits per heavy atom. The fraction of sp³-hybridized carbons (Fsp3) is 0.333. The van der Waals surface area contributed by atoms with E-state index in [-0.39, 0.29) is 0 Å². The Morgan fingerprint density at radius 1 is 0.889 bits per heavy atom. The molecule has 0 N–H and O–H groups in total. The number of hydrogen-bond acceptors (Lipinski definition) is 2. The number of aromatic nitrogens is 3. The van der Waals surface area contributed by atoms with Crippen molar-refractivity contribution in [1.29, 1.82) is 0 Å². The van der Waals surface area contributed by atoms with Gasteiger partial charge in [0.15, 0.2) is 0 Å². The maximum absolute atomic E-state index is 5.54. The van der Waals surface area contributed by atoms with E-state index in [0.717, 1.165) is 32.8 Å². The van der Waals surface area contributed by atoms with Crippen LogP contribution in [0.1, 0.15) is 12.8 Å². The molecule has 0 saturated heterocycles. The summed E-state index contributed by atoms with van der Waals surface area (Å²) in [5.41, 5.74) is 1.03. The molecule has 3 rings (SSSR count). The minimum atomic E-state index is 0.794. The number of halogens is 1. The van der Waals surface area contributed by atoms with Crippen LogP contribution >= 0.6 is 40.4 Å². The highest BCUT2D eigenvalue weighted by atomic mass is 79.9. The van der Waals surface area contributed by atoms with E-state index in [2.05, 4.69) is 25.3 Å². The molecule has 6 heteroatoms. The van der Waals surface area contributed by atoms with Crippen molar-refractivity contribution in [3.8, 4) is 5.69 Å². The molecule has 2 heterocycles. The second-order valence-electron chi connectivity index (χ2n) is 4.33. The summed E-state index contributed by atoms with van der Waals surface area (Å²) in [5.74, 6) is 0. The van der Waals surface area contributed by atoms with E-state index in [1.165, 1.54) is 12.8 Å². The van der Waals surface area contributed by atoms with E-state index in [9.17, 15) is 0 Å². The van der Waals surface area contributed by atoms with E-state index in [0.29, 0.717) is 0 Å². The van der Waals surface area contributed by atoms with Gasteiger partial charge in [-0.1, -0.05) is 15.9 Å². The van der Waals surface area contributed by atoms with Crippen LogP contribution in [0, 0.1) is 9.54 Å². The van der Waals surface area contributed by atoms with Gasteiger partial charge in [0.05, 0.1) is 5.69 Å². The molecule has 1 aliphatic heterocycles. The Kier molecular flexibility index (Phi) is 3.25. The summed E-state index contributed by atoms with van der Waals surface area (Å²) in [7, 11) is 0. The van der Waals surface area contributed by atoms with E-state index in [4.69, 9.17) is 24.4 Å². The van der Waals surface area contributed by atoms with Crippen molar-refractivity contribution in [2.45, 2.75) is 25.9 Å². The van der Waals surface area contributed by atoms with Gasteiger partial charge in [-0.15, -0.1) is 0 Å². The summed E-state index contributed by atoms with van der Waals surface area (Å²) in [6, 6.07) is 8.07. The van der Waals surface area contributed by atoms with Crippen LogP contribution in [0.2, 0.25) is 0 Å². The SMILES string of the molecule is S=c1n(-c2ccc(Br)cc2)c(=S)n2n1CCCC2. The van der Waals surface area contributed by atoms with Gasteiger partial charge < -0.3 is 0 Å². The molecular formula is C12H12BrN3S2. The van der Waals surface area contributed by atoms with Crippen LogP contribution in [0.4, 0.5) is 0 Å². The number of nitrogens with zero attached hydrogens (tertiary/aromatic N) is 3. The van der Waals surface area contributed by atoms with Gasteiger partial charge in [-0.05, 0) is 61.5 Å². The van der Waals surface area contributed by atoms with Crippen molar-refractivity contribution in [3.05, 3.63) is 38.3 Å². The van der Waals surface area contributed by atoms with Crippen LogP contribution in [0.3, 0.4) is 0 Å². The number of hydrogen-bond donors (Lipinski definition) is 0. The quantitative estimate of drug-likeness (QED) is 0.725. The van der Waals surface area contributed by atoms with Crippen molar-refractivity contribution in [2.75, 3.05) is 0 Å². The molecule has 0 bridgehead atoms. The van der Waals surface area contributed by atoms with Gasteiger partial charge in [0.1, 0.15) is 0 Å². The topological polar surface area (TPSA) is 14.8 Å².